The van der Waals surface area contributed by atoms with Crippen molar-refractivity contribution in [2.75, 3.05) is 18.5 Å². The summed E-state index contributed by atoms with van der Waals surface area (Å²) in [6.45, 7) is 2.84. The molecular formula is C12H15N3O2. The van der Waals surface area contributed by atoms with E-state index in [-0.39, 0.29) is 5.69 Å². The van der Waals surface area contributed by atoms with Crippen molar-refractivity contribution in [2.45, 2.75) is 19.8 Å². The zero-order chi connectivity index (χ0) is 12.8. The molecule has 0 spiro atoms. The van der Waals surface area contributed by atoms with Gasteiger partial charge in [-0.15, -0.1) is 0 Å². The first kappa shape index (κ1) is 13.0. The number of nitro benzene ring substituents is 1. The molecule has 90 valence electrons. The van der Waals surface area contributed by atoms with Crippen LogP contribution in [-0.4, -0.2) is 18.5 Å². The molecule has 0 radical (unpaired) electrons. The van der Waals surface area contributed by atoms with Gasteiger partial charge in [-0.2, -0.15) is 5.26 Å². The van der Waals surface area contributed by atoms with Crippen LogP contribution in [0.5, 0.6) is 0 Å². The number of nitriles is 1. The molecule has 0 amide bonds. The van der Waals surface area contributed by atoms with Crippen molar-refractivity contribution < 1.29 is 4.92 Å². The van der Waals surface area contributed by atoms with Gasteiger partial charge in [-0.05, 0) is 18.6 Å². The Morgan fingerprint density at radius 1 is 1.53 bits per heavy atom. The molecule has 0 bridgehead atoms. The largest absolute Gasteiger partial charge is 0.369 e. The lowest BCUT2D eigenvalue weighted by atomic mass is 10.1. The molecule has 1 aromatic carbocycles. The molecule has 0 saturated heterocycles. The van der Waals surface area contributed by atoms with Crippen LogP contribution >= 0.6 is 0 Å². The van der Waals surface area contributed by atoms with Crippen molar-refractivity contribution in [3.8, 4) is 6.07 Å². The van der Waals surface area contributed by atoms with Crippen molar-refractivity contribution in [1.82, 2.24) is 0 Å². The van der Waals surface area contributed by atoms with Crippen molar-refractivity contribution >= 4 is 11.4 Å². The Balaban J connectivity index is 3.06. The molecule has 0 aromatic heterocycles. The van der Waals surface area contributed by atoms with Gasteiger partial charge in [-0.25, -0.2) is 0 Å². The van der Waals surface area contributed by atoms with E-state index >= 15 is 0 Å². The fourth-order valence-electron chi connectivity index (χ4n) is 1.58. The topological polar surface area (TPSA) is 70.2 Å². The lowest BCUT2D eigenvalue weighted by molar-refractivity contribution is -0.384. The molecule has 17 heavy (non-hydrogen) atoms. The highest BCUT2D eigenvalue weighted by Gasteiger charge is 2.17. The zero-order valence-corrected chi connectivity index (χ0v) is 10.0. The Labute approximate surface area is 100 Å². The van der Waals surface area contributed by atoms with Crippen molar-refractivity contribution in [3.63, 3.8) is 0 Å². The Bertz CT molecular complexity index is 452. The summed E-state index contributed by atoms with van der Waals surface area (Å²) >= 11 is 0. The number of anilines is 1. The van der Waals surface area contributed by atoms with Crippen molar-refractivity contribution in [3.05, 3.63) is 33.9 Å². The third-order valence-corrected chi connectivity index (χ3v) is 2.56. The third-order valence-electron chi connectivity index (χ3n) is 2.56. The highest BCUT2D eigenvalue weighted by atomic mass is 16.6. The summed E-state index contributed by atoms with van der Waals surface area (Å²) in [4.78, 5) is 12.3. The van der Waals surface area contributed by atoms with Gasteiger partial charge in [0.15, 0.2) is 0 Å². The first-order chi connectivity index (χ1) is 8.10. The summed E-state index contributed by atoms with van der Waals surface area (Å²) in [5.74, 6) is 0. The second-order valence-electron chi connectivity index (χ2n) is 3.85. The summed E-state index contributed by atoms with van der Waals surface area (Å²) in [5, 5.41) is 19.7. The van der Waals surface area contributed by atoms with E-state index in [2.05, 4.69) is 6.92 Å². The Morgan fingerprint density at radius 2 is 2.24 bits per heavy atom. The van der Waals surface area contributed by atoms with E-state index in [4.69, 9.17) is 5.26 Å². The molecule has 0 aliphatic heterocycles. The maximum Gasteiger partial charge on any atom is 0.293 e. The summed E-state index contributed by atoms with van der Waals surface area (Å²) in [6.07, 6.45) is 2.02. The fourth-order valence-corrected chi connectivity index (χ4v) is 1.58. The SMILES string of the molecule is CCCCN(C)c1ccc(C#N)cc1[N+](=O)[O-]. The first-order valence-electron chi connectivity index (χ1n) is 5.49. The van der Waals surface area contributed by atoms with Gasteiger partial charge in [0.05, 0.1) is 16.6 Å². The summed E-state index contributed by atoms with van der Waals surface area (Å²) in [6, 6.07) is 6.46. The molecular weight excluding hydrogens is 218 g/mol. The average Bonchev–Trinajstić information content (AvgIpc) is 2.35. The normalized spacial score (nSPS) is 9.71. The van der Waals surface area contributed by atoms with Crippen molar-refractivity contribution in [2.24, 2.45) is 0 Å². The number of nitrogens with zero attached hydrogens (tertiary/aromatic N) is 3. The smallest absolute Gasteiger partial charge is 0.293 e. The molecule has 1 rings (SSSR count). The fraction of sp³-hybridized carbons (Fsp3) is 0.417. The van der Waals surface area contributed by atoms with E-state index in [0.29, 0.717) is 11.3 Å². The summed E-state index contributed by atoms with van der Waals surface area (Å²) in [5.41, 5.74) is 0.856. The average molecular weight is 233 g/mol. The lowest BCUT2D eigenvalue weighted by Crippen LogP contribution is -2.19. The number of hydrogen-bond acceptors (Lipinski definition) is 4. The molecule has 0 aliphatic rings. The van der Waals surface area contributed by atoms with E-state index in [1.165, 1.54) is 6.07 Å². The zero-order valence-electron chi connectivity index (χ0n) is 10.0. The molecule has 0 fully saturated rings. The first-order valence-corrected chi connectivity index (χ1v) is 5.49. The van der Waals surface area contributed by atoms with E-state index in [1.807, 2.05) is 18.0 Å². The van der Waals surface area contributed by atoms with Gasteiger partial charge >= 0.3 is 0 Å². The van der Waals surface area contributed by atoms with Crippen LogP contribution in [0.1, 0.15) is 25.3 Å². The predicted molar refractivity (Wildman–Crippen MR) is 66.0 cm³/mol. The quantitative estimate of drug-likeness (QED) is 0.579. The van der Waals surface area contributed by atoms with Gasteiger partial charge in [0.1, 0.15) is 5.69 Å². The Hall–Kier alpha value is -2.09. The van der Waals surface area contributed by atoms with Crippen LogP contribution in [0.15, 0.2) is 18.2 Å². The maximum atomic E-state index is 10.9. The summed E-state index contributed by atoms with van der Waals surface area (Å²) < 4.78 is 0. The Morgan fingerprint density at radius 3 is 2.76 bits per heavy atom. The third kappa shape index (κ3) is 3.18. The number of benzene rings is 1. The minimum atomic E-state index is -0.446. The standard InChI is InChI=1S/C12H15N3O2/c1-3-4-7-14(2)11-6-5-10(9-13)8-12(11)15(16)17/h5-6,8H,3-4,7H2,1-2H3. The molecule has 0 N–H and O–H groups in total. The number of rotatable bonds is 5. The molecule has 0 unspecified atom stereocenters. The van der Waals surface area contributed by atoms with E-state index in [0.717, 1.165) is 19.4 Å². The number of nitro groups is 1. The lowest BCUT2D eigenvalue weighted by Gasteiger charge is -2.18. The number of hydrogen-bond donors (Lipinski definition) is 0. The Kier molecular flexibility index (Phi) is 4.46. The molecule has 0 heterocycles. The van der Waals surface area contributed by atoms with Crippen LogP contribution in [0.4, 0.5) is 11.4 Å². The summed E-state index contributed by atoms with van der Waals surface area (Å²) in [7, 11) is 1.82. The van der Waals surface area contributed by atoms with E-state index in [1.54, 1.807) is 12.1 Å². The van der Waals surface area contributed by atoms with Crippen LogP contribution in [0.3, 0.4) is 0 Å². The number of unbranched alkanes of at least 4 members (excludes halogenated alkanes) is 1. The molecule has 0 aliphatic carbocycles. The molecule has 0 saturated carbocycles. The monoisotopic (exact) mass is 233 g/mol. The molecule has 0 atom stereocenters. The van der Waals surface area contributed by atoms with Crippen LogP contribution in [0.2, 0.25) is 0 Å². The van der Waals surface area contributed by atoms with Gasteiger partial charge in [0.2, 0.25) is 0 Å². The predicted octanol–water partition coefficient (Wildman–Crippen LogP) is 2.70. The second kappa shape index (κ2) is 5.85. The van der Waals surface area contributed by atoms with E-state index in [9.17, 15) is 10.1 Å². The maximum absolute atomic E-state index is 10.9. The highest BCUT2D eigenvalue weighted by Crippen LogP contribution is 2.28. The minimum Gasteiger partial charge on any atom is -0.369 e. The van der Waals surface area contributed by atoms with Gasteiger partial charge in [0.25, 0.3) is 5.69 Å². The molecule has 1 aromatic rings. The highest BCUT2D eigenvalue weighted by molar-refractivity contribution is 5.65. The van der Waals surface area contributed by atoms with Gasteiger partial charge < -0.3 is 4.90 Å². The van der Waals surface area contributed by atoms with Crippen molar-refractivity contribution in [1.29, 1.82) is 5.26 Å². The van der Waals surface area contributed by atoms with Crippen LogP contribution in [-0.2, 0) is 0 Å². The molecule has 5 nitrogen and oxygen atoms in total. The van der Waals surface area contributed by atoms with Crippen LogP contribution < -0.4 is 4.90 Å². The van der Waals surface area contributed by atoms with Crippen LogP contribution in [0, 0.1) is 21.4 Å². The van der Waals surface area contributed by atoms with E-state index < -0.39 is 4.92 Å². The molecule has 5 heteroatoms. The second-order valence-corrected chi connectivity index (χ2v) is 3.85. The van der Waals surface area contributed by atoms with Gasteiger partial charge in [-0.3, -0.25) is 10.1 Å². The van der Waals surface area contributed by atoms with Gasteiger partial charge in [-0.1, -0.05) is 13.3 Å². The minimum absolute atomic E-state index is 0.0114. The van der Waals surface area contributed by atoms with Gasteiger partial charge in [0, 0.05) is 19.7 Å². The van der Waals surface area contributed by atoms with Crippen LogP contribution in [0.25, 0.3) is 0 Å².